The number of anilines is 1. The standard InChI is InChI=1S/C22H28ClN5/c1-13-6-7-20(23)14(2)19(13)11-26-21-10-18(16(4)25-9-8-24)12-28-17(5)15(3)27-22(21)28/h6-7,10,12,25-26H,4,8-9,11,24H2,1-3,5H3. The van der Waals surface area contributed by atoms with Crippen LogP contribution < -0.4 is 16.4 Å². The van der Waals surface area contributed by atoms with Crippen molar-refractivity contribution < 1.29 is 0 Å². The second-order valence-corrected chi connectivity index (χ2v) is 7.54. The number of nitrogens with two attached hydrogens (primary N) is 1. The topological polar surface area (TPSA) is 67.4 Å². The third-order valence-corrected chi connectivity index (χ3v) is 5.66. The molecule has 1 aromatic carbocycles. The van der Waals surface area contributed by atoms with Gasteiger partial charge in [0.1, 0.15) is 0 Å². The first-order valence-corrected chi connectivity index (χ1v) is 9.82. The average molecular weight is 398 g/mol. The zero-order valence-corrected chi connectivity index (χ0v) is 17.7. The van der Waals surface area contributed by atoms with Gasteiger partial charge < -0.3 is 20.8 Å². The van der Waals surface area contributed by atoms with E-state index in [2.05, 4.69) is 60.7 Å². The lowest BCUT2D eigenvalue weighted by atomic mass is 10.0. The first-order chi connectivity index (χ1) is 13.3. The van der Waals surface area contributed by atoms with Crippen molar-refractivity contribution in [2.75, 3.05) is 18.4 Å². The van der Waals surface area contributed by atoms with Crippen molar-refractivity contribution in [2.24, 2.45) is 5.73 Å². The summed E-state index contributed by atoms with van der Waals surface area (Å²) in [5.41, 5.74) is 15.0. The highest BCUT2D eigenvalue weighted by Crippen LogP contribution is 2.27. The average Bonchev–Trinajstić information content (AvgIpc) is 2.97. The quantitative estimate of drug-likeness (QED) is 0.554. The molecule has 0 saturated heterocycles. The number of rotatable bonds is 7. The number of aromatic nitrogens is 2. The fraction of sp³-hybridized carbons (Fsp3) is 0.318. The third-order valence-electron chi connectivity index (χ3n) is 5.25. The van der Waals surface area contributed by atoms with Gasteiger partial charge in [-0.3, -0.25) is 0 Å². The number of nitrogens with one attached hydrogen (secondary N) is 2. The van der Waals surface area contributed by atoms with E-state index in [0.717, 1.165) is 44.6 Å². The fourth-order valence-corrected chi connectivity index (χ4v) is 3.49. The molecule has 4 N–H and O–H groups in total. The Balaban J connectivity index is 2.01. The first kappa shape index (κ1) is 20.2. The van der Waals surface area contributed by atoms with Gasteiger partial charge in [-0.1, -0.05) is 24.2 Å². The van der Waals surface area contributed by atoms with Gasteiger partial charge in [0.05, 0.1) is 11.4 Å². The number of halogens is 1. The van der Waals surface area contributed by atoms with E-state index in [1.807, 2.05) is 13.0 Å². The van der Waals surface area contributed by atoms with E-state index in [1.165, 1.54) is 11.1 Å². The van der Waals surface area contributed by atoms with Gasteiger partial charge >= 0.3 is 0 Å². The van der Waals surface area contributed by atoms with Crippen LogP contribution in [0.3, 0.4) is 0 Å². The SMILES string of the molecule is C=C(NCCN)c1cc(NCc2c(C)ccc(Cl)c2C)c2nc(C)c(C)n2c1. The largest absolute Gasteiger partial charge is 0.384 e. The molecule has 0 atom stereocenters. The van der Waals surface area contributed by atoms with Crippen LogP contribution in [-0.4, -0.2) is 22.5 Å². The molecule has 0 unspecified atom stereocenters. The highest BCUT2D eigenvalue weighted by molar-refractivity contribution is 6.31. The summed E-state index contributed by atoms with van der Waals surface area (Å²) in [5.74, 6) is 0. The molecular formula is C22H28ClN5. The van der Waals surface area contributed by atoms with Crippen LogP contribution in [0.25, 0.3) is 11.3 Å². The smallest absolute Gasteiger partial charge is 0.160 e. The van der Waals surface area contributed by atoms with Crippen LogP contribution in [0.15, 0.2) is 31.0 Å². The zero-order valence-electron chi connectivity index (χ0n) is 17.0. The van der Waals surface area contributed by atoms with Gasteiger partial charge in [-0.15, -0.1) is 0 Å². The summed E-state index contributed by atoms with van der Waals surface area (Å²) in [4.78, 5) is 4.75. The van der Waals surface area contributed by atoms with E-state index in [9.17, 15) is 0 Å². The summed E-state index contributed by atoms with van der Waals surface area (Å²) in [6, 6.07) is 6.09. The van der Waals surface area contributed by atoms with Crippen LogP contribution in [0.1, 0.15) is 33.6 Å². The molecule has 0 fully saturated rings. The van der Waals surface area contributed by atoms with Crippen LogP contribution in [-0.2, 0) is 6.54 Å². The fourth-order valence-electron chi connectivity index (χ4n) is 3.31. The minimum absolute atomic E-state index is 0.558. The van der Waals surface area contributed by atoms with Gasteiger partial charge in [0, 0.05) is 47.8 Å². The zero-order chi connectivity index (χ0) is 20.4. The Hall–Kier alpha value is -2.50. The molecule has 2 aromatic heterocycles. The van der Waals surface area contributed by atoms with Crippen molar-refractivity contribution in [1.29, 1.82) is 0 Å². The molecule has 2 heterocycles. The van der Waals surface area contributed by atoms with Gasteiger partial charge in [-0.2, -0.15) is 0 Å². The Bertz CT molecular complexity index is 1040. The Morgan fingerprint density at radius 1 is 1.25 bits per heavy atom. The molecule has 0 aliphatic carbocycles. The van der Waals surface area contributed by atoms with Gasteiger partial charge in [0.25, 0.3) is 0 Å². The predicted octanol–water partition coefficient (Wildman–Crippen LogP) is 4.35. The van der Waals surface area contributed by atoms with Crippen LogP contribution in [0.5, 0.6) is 0 Å². The van der Waals surface area contributed by atoms with Crippen molar-refractivity contribution in [3.05, 3.63) is 69.6 Å². The Labute approximate surface area is 171 Å². The van der Waals surface area contributed by atoms with Crippen LogP contribution in [0.2, 0.25) is 5.02 Å². The van der Waals surface area contributed by atoms with Crippen molar-refractivity contribution in [2.45, 2.75) is 34.2 Å². The number of fused-ring (bicyclic) bond motifs is 1. The maximum atomic E-state index is 6.33. The molecule has 5 nitrogen and oxygen atoms in total. The molecule has 0 aliphatic heterocycles. The molecule has 0 bridgehead atoms. The van der Waals surface area contributed by atoms with Crippen LogP contribution in [0.4, 0.5) is 5.69 Å². The Morgan fingerprint density at radius 3 is 2.71 bits per heavy atom. The molecule has 0 amide bonds. The molecule has 0 saturated carbocycles. The number of imidazole rings is 1. The van der Waals surface area contributed by atoms with Gasteiger partial charge in [0.15, 0.2) is 5.65 Å². The van der Waals surface area contributed by atoms with Crippen LogP contribution in [0, 0.1) is 27.7 Å². The number of benzene rings is 1. The lowest BCUT2D eigenvalue weighted by molar-refractivity contribution is 0.857. The second-order valence-electron chi connectivity index (χ2n) is 7.13. The maximum Gasteiger partial charge on any atom is 0.160 e. The van der Waals surface area contributed by atoms with Gasteiger partial charge in [-0.05, 0) is 56.5 Å². The number of hydrogen-bond donors (Lipinski definition) is 3. The minimum Gasteiger partial charge on any atom is -0.384 e. The van der Waals surface area contributed by atoms with E-state index in [0.29, 0.717) is 19.6 Å². The molecular weight excluding hydrogens is 370 g/mol. The molecule has 0 spiro atoms. The lowest BCUT2D eigenvalue weighted by Gasteiger charge is -2.16. The minimum atomic E-state index is 0.558. The number of nitrogens with zero attached hydrogens (tertiary/aromatic N) is 2. The summed E-state index contributed by atoms with van der Waals surface area (Å²) >= 11 is 6.33. The molecule has 0 aliphatic rings. The van der Waals surface area contributed by atoms with E-state index in [-0.39, 0.29) is 0 Å². The number of pyridine rings is 1. The summed E-state index contributed by atoms with van der Waals surface area (Å²) in [5, 5.41) is 7.62. The van der Waals surface area contributed by atoms with Gasteiger partial charge in [-0.25, -0.2) is 4.98 Å². The second kappa shape index (κ2) is 8.25. The molecule has 28 heavy (non-hydrogen) atoms. The van der Waals surface area contributed by atoms with Crippen molar-refractivity contribution >= 4 is 28.6 Å². The normalized spacial score (nSPS) is 11.1. The monoisotopic (exact) mass is 397 g/mol. The maximum absolute atomic E-state index is 6.33. The number of hydrogen-bond acceptors (Lipinski definition) is 4. The van der Waals surface area contributed by atoms with E-state index in [4.69, 9.17) is 22.3 Å². The van der Waals surface area contributed by atoms with E-state index < -0.39 is 0 Å². The Kier molecular flexibility index (Phi) is 5.96. The summed E-state index contributed by atoms with van der Waals surface area (Å²) in [6.07, 6.45) is 2.07. The number of aryl methyl sites for hydroxylation is 3. The summed E-state index contributed by atoms with van der Waals surface area (Å²) in [6.45, 7) is 14.3. The molecule has 0 radical (unpaired) electrons. The highest BCUT2D eigenvalue weighted by Gasteiger charge is 2.13. The van der Waals surface area contributed by atoms with Gasteiger partial charge in [0.2, 0.25) is 0 Å². The van der Waals surface area contributed by atoms with E-state index in [1.54, 1.807) is 0 Å². The molecule has 148 valence electrons. The summed E-state index contributed by atoms with van der Waals surface area (Å²) < 4.78 is 2.11. The highest BCUT2D eigenvalue weighted by atomic mass is 35.5. The summed E-state index contributed by atoms with van der Waals surface area (Å²) in [7, 11) is 0. The first-order valence-electron chi connectivity index (χ1n) is 9.44. The molecule has 6 heteroatoms. The van der Waals surface area contributed by atoms with Crippen LogP contribution >= 0.6 is 11.6 Å². The third kappa shape index (κ3) is 3.86. The van der Waals surface area contributed by atoms with E-state index >= 15 is 0 Å². The molecule has 3 rings (SSSR count). The predicted molar refractivity (Wildman–Crippen MR) is 119 cm³/mol. The lowest BCUT2D eigenvalue weighted by Crippen LogP contribution is -2.21. The van der Waals surface area contributed by atoms with Crippen molar-refractivity contribution in [3.63, 3.8) is 0 Å². The Morgan fingerprint density at radius 2 is 2.00 bits per heavy atom. The van der Waals surface area contributed by atoms with Crippen molar-refractivity contribution in [3.8, 4) is 0 Å². The van der Waals surface area contributed by atoms with Crippen molar-refractivity contribution in [1.82, 2.24) is 14.7 Å². The molecule has 3 aromatic rings.